The van der Waals surface area contributed by atoms with E-state index in [0.717, 1.165) is 10.1 Å². The molecule has 0 amide bonds. The molecule has 0 radical (unpaired) electrons. The van der Waals surface area contributed by atoms with Crippen LogP contribution in [-0.4, -0.2) is 7.05 Å². The highest BCUT2D eigenvalue weighted by Crippen LogP contribution is 2.31. The summed E-state index contributed by atoms with van der Waals surface area (Å²) in [5.74, 6) is 0. The second kappa shape index (κ2) is 6.36. The van der Waals surface area contributed by atoms with Crippen LogP contribution in [0.2, 0.25) is 0 Å². The van der Waals surface area contributed by atoms with Crippen LogP contribution >= 0.6 is 11.3 Å². The molecule has 3 rings (SSSR count). The van der Waals surface area contributed by atoms with Gasteiger partial charge in [-0.15, -0.1) is 11.3 Å². The van der Waals surface area contributed by atoms with E-state index in [1.165, 1.54) is 22.6 Å². The van der Waals surface area contributed by atoms with E-state index in [0.29, 0.717) is 4.53 Å². The standard InChI is InChI=1S/C19H13N3S/c1-22-11-10-14(17-4-2-3-5-18(17)22)6-7-16-8-9-19(23-16)15(12-20)13-21/h2-11H,1H3/b14-6-,16-7+. The average molecular weight is 315 g/mol. The van der Waals surface area contributed by atoms with Gasteiger partial charge in [0.05, 0.1) is 4.53 Å². The number of nitriles is 2. The molecule has 1 aliphatic heterocycles. The molecule has 4 heteroatoms. The van der Waals surface area contributed by atoms with E-state index in [1.807, 2.05) is 55.7 Å². The predicted molar refractivity (Wildman–Crippen MR) is 94.6 cm³/mol. The van der Waals surface area contributed by atoms with Crippen LogP contribution in [0.3, 0.4) is 0 Å². The number of allylic oxidation sites excluding steroid dienone is 3. The molecular weight excluding hydrogens is 302 g/mol. The van der Waals surface area contributed by atoms with Gasteiger partial charge in [-0.25, -0.2) is 0 Å². The van der Waals surface area contributed by atoms with Crippen LogP contribution in [0.1, 0.15) is 5.56 Å². The van der Waals surface area contributed by atoms with Crippen LogP contribution in [0.25, 0.3) is 17.2 Å². The van der Waals surface area contributed by atoms with Gasteiger partial charge in [-0.05, 0) is 35.9 Å². The Morgan fingerprint density at radius 3 is 2.65 bits per heavy atom. The minimum absolute atomic E-state index is 0.159. The number of nitrogens with zero attached hydrogens (tertiary/aromatic N) is 3. The third kappa shape index (κ3) is 2.94. The van der Waals surface area contributed by atoms with Crippen molar-refractivity contribution in [2.45, 2.75) is 0 Å². The lowest BCUT2D eigenvalue weighted by atomic mass is 10.00. The highest BCUT2D eigenvalue weighted by atomic mass is 32.1. The molecule has 0 N–H and O–H groups in total. The van der Waals surface area contributed by atoms with E-state index >= 15 is 0 Å². The summed E-state index contributed by atoms with van der Waals surface area (Å²) < 4.78 is 1.72. The van der Waals surface area contributed by atoms with Crippen molar-refractivity contribution in [3.8, 4) is 12.1 Å². The first-order chi connectivity index (χ1) is 11.2. The summed E-state index contributed by atoms with van der Waals surface area (Å²) in [5, 5.41) is 17.8. The number of thiophene rings is 1. The van der Waals surface area contributed by atoms with Crippen LogP contribution in [0.4, 0.5) is 5.69 Å². The molecule has 0 saturated carbocycles. The third-order valence-electron chi connectivity index (χ3n) is 3.60. The largest absolute Gasteiger partial charge is 0.351 e. The van der Waals surface area contributed by atoms with Gasteiger partial charge in [0, 0.05) is 29.0 Å². The first-order valence-corrected chi connectivity index (χ1v) is 7.87. The van der Waals surface area contributed by atoms with Crippen molar-refractivity contribution in [1.29, 1.82) is 10.5 Å². The summed E-state index contributed by atoms with van der Waals surface area (Å²) in [6, 6.07) is 15.9. The Morgan fingerprint density at radius 2 is 1.87 bits per heavy atom. The van der Waals surface area contributed by atoms with E-state index < -0.39 is 0 Å². The summed E-state index contributed by atoms with van der Waals surface area (Å²) >= 11 is 1.44. The Hall–Kier alpha value is -3.08. The van der Waals surface area contributed by atoms with Crippen molar-refractivity contribution in [2.24, 2.45) is 0 Å². The zero-order valence-corrected chi connectivity index (χ0v) is 13.3. The molecule has 1 aromatic carbocycles. The third-order valence-corrected chi connectivity index (χ3v) is 4.66. The minimum Gasteiger partial charge on any atom is -0.351 e. The lowest BCUT2D eigenvalue weighted by molar-refractivity contribution is 1.18. The van der Waals surface area contributed by atoms with Crippen LogP contribution in [0.15, 0.2) is 54.8 Å². The van der Waals surface area contributed by atoms with Gasteiger partial charge < -0.3 is 4.90 Å². The van der Waals surface area contributed by atoms with Crippen molar-refractivity contribution in [3.63, 3.8) is 0 Å². The summed E-state index contributed by atoms with van der Waals surface area (Å²) in [5.41, 5.74) is 3.66. The Balaban J connectivity index is 2.05. The van der Waals surface area contributed by atoms with Crippen molar-refractivity contribution in [3.05, 3.63) is 69.4 Å². The maximum absolute atomic E-state index is 8.92. The van der Waals surface area contributed by atoms with E-state index in [1.54, 1.807) is 0 Å². The van der Waals surface area contributed by atoms with Crippen molar-refractivity contribution < 1.29 is 0 Å². The zero-order valence-electron chi connectivity index (χ0n) is 12.5. The quantitative estimate of drug-likeness (QED) is 0.813. The average Bonchev–Trinajstić information content (AvgIpc) is 3.04. The number of anilines is 1. The van der Waals surface area contributed by atoms with Gasteiger partial charge in [0.25, 0.3) is 0 Å². The Morgan fingerprint density at radius 1 is 1.09 bits per heavy atom. The summed E-state index contributed by atoms with van der Waals surface area (Å²) in [6.45, 7) is 0. The molecule has 3 nitrogen and oxygen atoms in total. The maximum Gasteiger partial charge on any atom is 0.146 e. The predicted octanol–water partition coefficient (Wildman–Crippen LogP) is 2.77. The van der Waals surface area contributed by atoms with Gasteiger partial charge in [-0.2, -0.15) is 10.5 Å². The van der Waals surface area contributed by atoms with Gasteiger partial charge in [-0.1, -0.05) is 24.3 Å². The molecule has 23 heavy (non-hydrogen) atoms. The van der Waals surface area contributed by atoms with E-state index in [4.69, 9.17) is 10.5 Å². The topological polar surface area (TPSA) is 50.8 Å². The molecule has 0 aliphatic carbocycles. The van der Waals surface area contributed by atoms with Gasteiger partial charge in [0.1, 0.15) is 17.7 Å². The first kappa shape index (κ1) is 14.8. The maximum atomic E-state index is 8.92. The van der Waals surface area contributed by atoms with Gasteiger partial charge in [0.2, 0.25) is 0 Å². The lowest BCUT2D eigenvalue weighted by Gasteiger charge is -2.23. The van der Waals surface area contributed by atoms with Crippen LogP contribution in [0, 0.1) is 22.7 Å². The fourth-order valence-electron chi connectivity index (χ4n) is 2.42. The molecule has 1 aliphatic rings. The number of fused-ring (bicyclic) bond motifs is 1. The van der Waals surface area contributed by atoms with Crippen molar-refractivity contribution in [2.75, 3.05) is 11.9 Å². The minimum atomic E-state index is 0.159. The van der Waals surface area contributed by atoms with E-state index in [-0.39, 0.29) is 5.57 Å². The Labute approximate surface area is 138 Å². The highest BCUT2D eigenvalue weighted by Gasteiger charge is 2.11. The second-order valence-electron chi connectivity index (χ2n) is 5.03. The monoisotopic (exact) mass is 315 g/mol. The number of rotatable bonds is 1. The highest BCUT2D eigenvalue weighted by molar-refractivity contribution is 7.07. The fraction of sp³-hybridized carbons (Fsp3) is 0.0526. The van der Waals surface area contributed by atoms with E-state index in [9.17, 15) is 0 Å². The molecule has 2 aromatic rings. The normalized spacial score (nSPS) is 15.2. The second-order valence-corrected chi connectivity index (χ2v) is 6.15. The summed E-state index contributed by atoms with van der Waals surface area (Å²) in [6.07, 6.45) is 8.20. The molecule has 0 fully saturated rings. The Kier molecular flexibility index (Phi) is 4.10. The molecule has 110 valence electrons. The molecule has 1 aromatic heterocycles. The van der Waals surface area contributed by atoms with E-state index in [2.05, 4.69) is 29.2 Å². The molecule has 0 unspecified atom stereocenters. The Bertz CT molecular complexity index is 994. The lowest BCUT2D eigenvalue weighted by Crippen LogP contribution is -2.13. The number of hydrogen-bond acceptors (Lipinski definition) is 4. The van der Waals surface area contributed by atoms with Gasteiger partial charge in [0.15, 0.2) is 0 Å². The molecule has 2 heterocycles. The van der Waals surface area contributed by atoms with Crippen LogP contribution in [-0.2, 0) is 0 Å². The number of benzene rings is 1. The summed E-state index contributed by atoms with van der Waals surface area (Å²) in [4.78, 5) is 2.09. The molecule has 0 atom stereocenters. The summed E-state index contributed by atoms with van der Waals surface area (Å²) in [7, 11) is 2.03. The van der Waals surface area contributed by atoms with Crippen LogP contribution < -0.4 is 14.0 Å². The SMILES string of the molecule is CN1C=C/C(=C/C=c2\ccc(=C(C#N)C#N)s2)c2ccccc21. The van der Waals surface area contributed by atoms with Gasteiger partial charge in [-0.3, -0.25) is 0 Å². The molecular formula is C19H13N3S. The molecule has 0 spiro atoms. The smallest absolute Gasteiger partial charge is 0.146 e. The van der Waals surface area contributed by atoms with Crippen molar-refractivity contribution in [1.82, 2.24) is 0 Å². The fourth-order valence-corrected chi connectivity index (χ4v) is 3.27. The number of hydrogen-bond donors (Lipinski definition) is 0. The number of para-hydroxylation sites is 1. The van der Waals surface area contributed by atoms with Gasteiger partial charge >= 0.3 is 0 Å². The first-order valence-electron chi connectivity index (χ1n) is 7.06. The van der Waals surface area contributed by atoms with Crippen LogP contribution in [0.5, 0.6) is 0 Å². The molecule has 0 saturated heterocycles. The zero-order chi connectivity index (χ0) is 16.2. The van der Waals surface area contributed by atoms with Crippen molar-refractivity contribution >= 4 is 34.2 Å². The molecule has 0 bridgehead atoms.